The van der Waals surface area contributed by atoms with Gasteiger partial charge in [-0.2, -0.15) is 0 Å². The molecule has 1 aromatic heterocycles. The van der Waals surface area contributed by atoms with Gasteiger partial charge in [-0.15, -0.1) is 5.10 Å². The third-order valence-corrected chi connectivity index (χ3v) is 5.50. The summed E-state index contributed by atoms with van der Waals surface area (Å²) in [4.78, 5) is 38.2. The van der Waals surface area contributed by atoms with Gasteiger partial charge in [-0.25, -0.2) is 4.68 Å². The molecule has 3 heterocycles. The van der Waals surface area contributed by atoms with E-state index in [-0.39, 0.29) is 24.8 Å². The van der Waals surface area contributed by atoms with Crippen molar-refractivity contribution < 1.29 is 14.4 Å². The first kappa shape index (κ1) is 18.0. The van der Waals surface area contributed by atoms with Crippen LogP contribution in [0.4, 0.5) is 5.69 Å². The highest BCUT2D eigenvalue weighted by atomic mass is 16.2. The molecule has 0 saturated carbocycles. The molecule has 5 rings (SSSR count). The molecule has 2 aliphatic rings. The van der Waals surface area contributed by atoms with Gasteiger partial charge in [-0.3, -0.25) is 19.7 Å². The normalized spacial score (nSPS) is 18.5. The van der Waals surface area contributed by atoms with Gasteiger partial charge >= 0.3 is 0 Å². The van der Waals surface area contributed by atoms with E-state index in [9.17, 15) is 14.4 Å². The average Bonchev–Trinajstić information content (AvgIpc) is 3.34. The number of aromatic nitrogens is 3. The predicted octanol–water partition coefficient (Wildman–Crippen LogP) is 1.28. The van der Waals surface area contributed by atoms with Crippen molar-refractivity contribution in [1.29, 1.82) is 0 Å². The number of nitrogens with zero attached hydrogens (tertiary/aromatic N) is 4. The summed E-state index contributed by atoms with van der Waals surface area (Å²) in [5.41, 5.74) is 10.0. The molecule has 1 fully saturated rings. The van der Waals surface area contributed by atoms with Crippen LogP contribution in [0.15, 0.2) is 48.7 Å². The van der Waals surface area contributed by atoms with Crippen LogP contribution >= 0.6 is 0 Å². The van der Waals surface area contributed by atoms with Gasteiger partial charge in [0.05, 0.1) is 11.9 Å². The Morgan fingerprint density at radius 1 is 1.07 bits per heavy atom. The fourth-order valence-electron chi connectivity index (χ4n) is 3.95. The van der Waals surface area contributed by atoms with Crippen LogP contribution < -0.4 is 11.1 Å². The molecule has 2 aromatic carbocycles. The number of piperidine rings is 1. The zero-order valence-electron chi connectivity index (χ0n) is 15.9. The number of nitrogen functional groups attached to an aromatic ring is 1. The number of nitrogens with two attached hydrogens (primary N) is 1. The number of anilines is 1. The van der Waals surface area contributed by atoms with Gasteiger partial charge in [0.1, 0.15) is 11.7 Å². The minimum absolute atomic E-state index is 0.220. The third-order valence-electron chi connectivity index (χ3n) is 5.50. The lowest BCUT2D eigenvalue weighted by molar-refractivity contribution is -0.136. The van der Waals surface area contributed by atoms with Crippen molar-refractivity contribution >= 4 is 23.4 Å². The zero-order chi connectivity index (χ0) is 20.8. The molecule has 0 spiro atoms. The molecule has 1 saturated heterocycles. The van der Waals surface area contributed by atoms with E-state index in [1.165, 1.54) is 4.90 Å². The molecule has 3 aromatic rings. The van der Waals surface area contributed by atoms with Crippen molar-refractivity contribution in [2.24, 2.45) is 0 Å². The van der Waals surface area contributed by atoms with Gasteiger partial charge in [0.2, 0.25) is 11.8 Å². The maximum absolute atomic E-state index is 13.0. The van der Waals surface area contributed by atoms with E-state index in [0.29, 0.717) is 23.4 Å². The van der Waals surface area contributed by atoms with Crippen molar-refractivity contribution in [1.82, 2.24) is 25.2 Å². The second kappa shape index (κ2) is 6.80. The number of rotatable bonds is 3. The van der Waals surface area contributed by atoms with E-state index >= 15 is 0 Å². The Kier molecular flexibility index (Phi) is 4.09. The standard InChI is InChI=1S/C21H18N6O3/c22-13-6-4-12(5-7-13)16-11-27(25-24-16)17-3-1-2-14-15(17)10-26(21(14)30)18-8-9-19(28)23-20(18)29/h1-7,11,18H,8-10,22H2,(H,23,28,29). The first-order valence-electron chi connectivity index (χ1n) is 9.56. The first-order valence-corrected chi connectivity index (χ1v) is 9.56. The lowest BCUT2D eigenvalue weighted by atomic mass is 10.0. The van der Waals surface area contributed by atoms with Crippen LogP contribution in [0.25, 0.3) is 16.9 Å². The van der Waals surface area contributed by atoms with E-state index in [0.717, 1.165) is 16.8 Å². The van der Waals surface area contributed by atoms with Crippen LogP contribution in [0.1, 0.15) is 28.8 Å². The maximum atomic E-state index is 13.0. The Morgan fingerprint density at radius 2 is 1.87 bits per heavy atom. The number of carbonyl (C=O) groups excluding carboxylic acids is 3. The van der Waals surface area contributed by atoms with E-state index in [2.05, 4.69) is 15.6 Å². The predicted molar refractivity (Wildman–Crippen MR) is 107 cm³/mol. The van der Waals surface area contributed by atoms with Gasteiger partial charge in [0.25, 0.3) is 5.91 Å². The summed E-state index contributed by atoms with van der Waals surface area (Å²) in [6, 6.07) is 12.1. The molecule has 3 N–H and O–H groups in total. The monoisotopic (exact) mass is 402 g/mol. The van der Waals surface area contributed by atoms with Gasteiger partial charge in [0, 0.05) is 35.3 Å². The van der Waals surface area contributed by atoms with E-state index in [1.54, 1.807) is 35.1 Å². The summed E-state index contributed by atoms with van der Waals surface area (Å²) >= 11 is 0. The summed E-state index contributed by atoms with van der Waals surface area (Å²) in [5.74, 6) is -0.959. The van der Waals surface area contributed by atoms with Crippen LogP contribution in [0.2, 0.25) is 0 Å². The summed E-state index contributed by atoms with van der Waals surface area (Å²) in [5, 5.41) is 10.8. The molecule has 30 heavy (non-hydrogen) atoms. The maximum Gasteiger partial charge on any atom is 0.255 e. The summed E-state index contributed by atoms with van der Waals surface area (Å²) in [6.45, 7) is 0.272. The van der Waals surface area contributed by atoms with Gasteiger partial charge in [0.15, 0.2) is 0 Å². The first-order chi connectivity index (χ1) is 14.5. The Hall–Kier alpha value is -4.01. The third kappa shape index (κ3) is 2.91. The molecular weight excluding hydrogens is 384 g/mol. The summed E-state index contributed by atoms with van der Waals surface area (Å²) < 4.78 is 1.63. The molecule has 150 valence electrons. The average molecular weight is 402 g/mol. The Labute approximate surface area is 171 Å². The fraction of sp³-hybridized carbons (Fsp3) is 0.190. The molecule has 9 heteroatoms. The molecule has 3 amide bonds. The van der Waals surface area contributed by atoms with E-state index < -0.39 is 11.9 Å². The van der Waals surface area contributed by atoms with Crippen molar-refractivity contribution in [2.45, 2.75) is 25.4 Å². The molecule has 0 bridgehead atoms. The van der Waals surface area contributed by atoms with Crippen molar-refractivity contribution in [2.75, 3.05) is 5.73 Å². The smallest absolute Gasteiger partial charge is 0.255 e. The number of nitrogens with one attached hydrogen (secondary N) is 1. The molecular formula is C21H18N6O3. The van der Waals surface area contributed by atoms with E-state index in [4.69, 9.17) is 5.73 Å². The molecule has 1 unspecified atom stereocenters. The van der Waals surface area contributed by atoms with Crippen LogP contribution in [0, 0.1) is 0 Å². The topological polar surface area (TPSA) is 123 Å². The Balaban J connectivity index is 1.47. The number of benzene rings is 2. The van der Waals surface area contributed by atoms with Crippen molar-refractivity contribution in [3.8, 4) is 16.9 Å². The van der Waals surface area contributed by atoms with Crippen LogP contribution in [0.3, 0.4) is 0 Å². The quantitative estimate of drug-likeness (QED) is 0.502. The molecule has 2 aliphatic heterocycles. The number of carbonyl (C=O) groups is 3. The largest absolute Gasteiger partial charge is 0.399 e. The number of hydrogen-bond donors (Lipinski definition) is 2. The summed E-state index contributed by atoms with van der Waals surface area (Å²) in [6.07, 6.45) is 2.34. The van der Waals surface area contributed by atoms with E-state index in [1.807, 2.05) is 18.2 Å². The van der Waals surface area contributed by atoms with Gasteiger partial charge in [-0.1, -0.05) is 23.4 Å². The molecule has 0 aliphatic carbocycles. The van der Waals surface area contributed by atoms with Crippen molar-refractivity contribution in [3.05, 3.63) is 59.8 Å². The number of amides is 3. The van der Waals surface area contributed by atoms with Gasteiger partial charge < -0.3 is 10.6 Å². The molecule has 1 atom stereocenters. The summed E-state index contributed by atoms with van der Waals surface area (Å²) in [7, 11) is 0. The zero-order valence-corrected chi connectivity index (χ0v) is 15.9. The van der Waals surface area contributed by atoms with Gasteiger partial charge in [-0.05, 0) is 30.7 Å². The Morgan fingerprint density at radius 3 is 2.63 bits per heavy atom. The Bertz CT molecular complexity index is 1180. The fourth-order valence-corrected chi connectivity index (χ4v) is 3.95. The molecule has 9 nitrogen and oxygen atoms in total. The van der Waals surface area contributed by atoms with Crippen LogP contribution in [0.5, 0.6) is 0 Å². The SMILES string of the molecule is Nc1ccc(-c2cn(-c3cccc4c3CN(C3CCC(=O)NC3=O)C4=O)nn2)cc1. The van der Waals surface area contributed by atoms with Crippen LogP contribution in [-0.2, 0) is 16.1 Å². The highest BCUT2D eigenvalue weighted by molar-refractivity contribution is 6.05. The highest BCUT2D eigenvalue weighted by Gasteiger charge is 2.40. The second-order valence-corrected chi connectivity index (χ2v) is 7.37. The minimum atomic E-state index is -0.656. The lowest BCUT2D eigenvalue weighted by Crippen LogP contribution is -2.52. The number of hydrogen-bond acceptors (Lipinski definition) is 6. The lowest BCUT2D eigenvalue weighted by Gasteiger charge is -2.29. The highest BCUT2D eigenvalue weighted by Crippen LogP contribution is 2.31. The van der Waals surface area contributed by atoms with Crippen LogP contribution in [-0.4, -0.2) is 43.7 Å². The number of fused-ring (bicyclic) bond motifs is 1. The molecule has 0 radical (unpaired) electrons. The number of imide groups is 1. The minimum Gasteiger partial charge on any atom is -0.399 e. The second-order valence-electron chi connectivity index (χ2n) is 7.37. The van der Waals surface area contributed by atoms with Crippen molar-refractivity contribution in [3.63, 3.8) is 0 Å².